The van der Waals surface area contributed by atoms with E-state index in [2.05, 4.69) is 53.5 Å². The second kappa shape index (κ2) is 3.17. The zero-order valence-corrected chi connectivity index (χ0v) is 9.35. The van der Waals surface area contributed by atoms with Crippen LogP contribution in [0.4, 0.5) is 0 Å². The molecule has 4 rings (SSSR count). The molecule has 0 N–H and O–H groups in total. The van der Waals surface area contributed by atoms with Gasteiger partial charge in [0.2, 0.25) is 0 Å². The van der Waals surface area contributed by atoms with Crippen LogP contribution in [0.5, 0.6) is 0 Å². The van der Waals surface area contributed by atoms with Gasteiger partial charge in [-0.2, -0.15) is 0 Å². The molecule has 1 aliphatic carbocycles. The Bertz CT molecular complexity index is 678. The monoisotopic (exact) mass is 217 g/mol. The molecule has 1 nitrogen and oxygen atoms in total. The average molecular weight is 217 g/mol. The molecule has 1 aliphatic heterocycles. The molecule has 0 saturated heterocycles. The highest BCUT2D eigenvalue weighted by atomic mass is 14.8. The Morgan fingerprint density at radius 3 is 2.65 bits per heavy atom. The smallest absolute Gasteiger partial charge is 0.0717 e. The lowest BCUT2D eigenvalue weighted by Gasteiger charge is -2.06. The lowest BCUT2D eigenvalue weighted by molar-refractivity contribution is 1.18. The van der Waals surface area contributed by atoms with Crippen LogP contribution in [0.3, 0.4) is 0 Å². The number of aliphatic imine (C=N–C) groups is 1. The molecule has 0 spiro atoms. The molecule has 0 unspecified atom stereocenters. The molecule has 0 fully saturated rings. The van der Waals surface area contributed by atoms with Crippen LogP contribution in [0.15, 0.2) is 47.5 Å². The number of hydrogen-bond donors (Lipinski definition) is 0. The van der Waals surface area contributed by atoms with E-state index in [0.29, 0.717) is 0 Å². The first-order valence-corrected chi connectivity index (χ1v) is 5.88. The highest BCUT2D eigenvalue weighted by molar-refractivity contribution is 6.03. The molecule has 0 radical (unpaired) electrons. The normalized spacial score (nSPS) is 14.9. The van der Waals surface area contributed by atoms with Crippen LogP contribution >= 0.6 is 0 Å². The van der Waals surface area contributed by atoms with Crippen LogP contribution in [-0.2, 0) is 6.42 Å². The fraction of sp³-hybridized carbons (Fsp3) is 0.0625. The summed E-state index contributed by atoms with van der Waals surface area (Å²) in [6.07, 6.45) is 5.18. The van der Waals surface area contributed by atoms with Crippen molar-refractivity contribution in [1.82, 2.24) is 0 Å². The fourth-order valence-electron chi connectivity index (χ4n) is 2.69. The van der Waals surface area contributed by atoms with Gasteiger partial charge in [-0.25, -0.2) is 0 Å². The first kappa shape index (κ1) is 8.94. The minimum atomic E-state index is 1.00. The van der Waals surface area contributed by atoms with Crippen molar-refractivity contribution in [1.29, 1.82) is 0 Å². The predicted octanol–water partition coefficient (Wildman–Crippen LogP) is 3.52. The molecule has 1 heterocycles. The molecular formula is C16H11N. The third-order valence-electron chi connectivity index (χ3n) is 3.51. The van der Waals surface area contributed by atoms with Gasteiger partial charge in [-0.1, -0.05) is 42.5 Å². The van der Waals surface area contributed by atoms with Gasteiger partial charge in [-0.05, 0) is 29.2 Å². The highest BCUT2D eigenvalue weighted by Gasteiger charge is 2.19. The minimum absolute atomic E-state index is 1.00. The van der Waals surface area contributed by atoms with Crippen LogP contribution in [-0.4, -0.2) is 6.21 Å². The quantitative estimate of drug-likeness (QED) is 0.640. The largest absolute Gasteiger partial charge is 0.256 e. The van der Waals surface area contributed by atoms with Crippen LogP contribution < -0.4 is 0 Å². The molecule has 17 heavy (non-hydrogen) atoms. The van der Waals surface area contributed by atoms with Gasteiger partial charge in [0.05, 0.1) is 5.70 Å². The molecule has 0 saturated carbocycles. The first-order chi connectivity index (χ1) is 8.42. The summed E-state index contributed by atoms with van der Waals surface area (Å²) >= 11 is 0. The summed E-state index contributed by atoms with van der Waals surface area (Å²) in [6.45, 7) is 0. The molecule has 80 valence electrons. The SMILES string of the molecule is C1=NC2=Cc3ccccc3Cc3cccc1c32. The summed E-state index contributed by atoms with van der Waals surface area (Å²) in [7, 11) is 0. The van der Waals surface area contributed by atoms with Crippen LogP contribution in [0, 0.1) is 0 Å². The third-order valence-corrected chi connectivity index (χ3v) is 3.51. The molecule has 2 aromatic carbocycles. The van der Waals surface area contributed by atoms with E-state index >= 15 is 0 Å². The summed E-state index contributed by atoms with van der Waals surface area (Å²) in [6, 6.07) is 15.0. The second-order valence-corrected chi connectivity index (χ2v) is 4.54. The summed E-state index contributed by atoms with van der Waals surface area (Å²) in [5, 5.41) is 0. The van der Waals surface area contributed by atoms with Crippen molar-refractivity contribution in [2.24, 2.45) is 4.99 Å². The van der Waals surface area contributed by atoms with Gasteiger partial charge in [0.1, 0.15) is 0 Å². The number of nitrogens with zero attached hydrogens (tertiary/aromatic N) is 1. The number of rotatable bonds is 0. The van der Waals surface area contributed by atoms with Crippen LogP contribution in [0.1, 0.15) is 27.8 Å². The lowest BCUT2D eigenvalue weighted by Crippen LogP contribution is -1.94. The maximum atomic E-state index is 4.53. The van der Waals surface area contributed by atoms with Gasteiger partial charge in [0, 0.05) is 17.3 Å². The van der Waals surface area contributed by atoms with E-state index in [1.54, 1.807) is 0 Å². The Morgan fingerprint density at radius 2 is 1.65 bits per heavy atom. The van der Waals surface area contributed by atoms with E-state index in [0.717, 1.165) is 12.1 Å². The van der Waals surface area contributed by atoms with Gasteiger partial charge in [-0.15, -0.1) is 0 Å². The van der Waals surface area contributed by atoms with Crippen LogP contribution in [0.25, 0.3) is 11.8 Å². The summed E-state index contributed by atoms with van der Waals surface area (Å²) in [5.74, 6) is 0. The van der Waals surface area contributed by atoms with E-state index in [4.69, 9.17) is 0 Å². The standard InChI is InChI=1S/C16H11N/c1-2-5-12-9-15-16-13(8-11(12)4-1)6-3-7-14(16)10-17-15/h1-7,9-10H,8H2. The van der Waals surface area contributed by atoms with Gasteiger partial charge in [0.15, 0.2) is 0 Å². The van der Waals surface area contributed by atoms with Crippen molar-refractivity contribution in [2.75, 3.05) is 0 Å². The Kier molecular flexibility index (Phi) is 1.67. The second-order valence-electron chi connectivity index (χ2n) is 4.54. The van der Waals surface area contributed by atoms with Gasteiger partial charge in [-0.3, -0.25) is 4.99 Å². The maximum absolute atomic E-state index is 4.53. The van der Waals surface area contributed by atoms with Crippen molar-refractivity contribution in [2.45, 2.75) is 6.42 Å². The highest BCUT2D eigenvalue weighted by Crippen LogP contribution is 2.35. The number of fused-ring (bicyclic) bond motifs is 1. The lowest BCUT2D eigenvalue weighted by atomic mass is 9.97. The van der Waals surface area contributed by atoms with Crippen molar-refractivity contribution >= 4 is 18.0 Å². The molecule has 0 amide bonds. The van der Waals surface area contributed by atoms with E-state index in [9.17, 15) is 0 Å². The summed E-state index contributed by atoms with van der Waals surface area (Å²) < 4.78 is 0. The van der Waals surface area contributed by atoms with E-state index in [1.807, 2.05) is 6.21 Å². The molecule has 0 atom stereocenters. The molecule has 2 aliphatic rings. The Labute approximate surface area is 100 Å². The van der Waals surface area contributed by atoms with Gasteiger partial charge in [0.25, 0.3) is 0 Å². The number of benzene rings is 2. The van der Waals surface area contributed by atoms with Crippen LogP contribution in [0.2, 0.25) is 0 Å². The Balaban J connectivity index is 2.07. The molecule has 2 aromatic rings. The first-order valence-electron chi connectivity index (χ1n) is 5.88. The van der Waals surface area contributed by atoms with E-state index in [1.165, 1.54) is 27.8 Å². The van der Waals surface area contributed by atoms with Crippen molar-refractivity contribution in [3.63, 3.8) is 0 Å². The van der Waals surface area contributed by atoms with Gasteiger partial charge < -0.3 is 0 Å². The zero-order valence-electron chi connectivity index (χ0n) is 9.35. The Hall–Kier alpha value is -2.15. The topological polar surface area (TPSA) is 12.4 Å². The Morgan fingerprint density at radius 1 is 0.824 bits per heavy atom. The van der Waals surface area contributed by atoms with Crippen molar-refractivity contribution < 1.29 is 0 Å². The van der Waals surface area contributed by atoms with E-state index in [-0.39, 0.29) is 0 Å². The maximum Gasteiger partial charge on any atom is 0.0717 e. The summed E-state index contributed by atoms with van der Waals surface area (Å²) in [4.78, 5) is 4.53. The molecular weight excluding hydrogens is 206 g/mol. The number of hydrogen-bond acceptors (Lipinski definition) is 1. The zero-order chi connectivity index (χ0) is 11.2. The predicted molar refractivity (Wildman–Crippen MR) is 71.2 cm³/mol. The minimum Gasteiger partial charge on any atom is -0.256 e. The third kappa shape index (κ3) is 1.22. The molecule has 0 aromatic heterocycles. The molecule has 0 bridgehead atoms. The fourth-order valence-corrected chi connectivity index (χ4v) is 2.69. The van der Waals surface area contributed by atoms with E-state index < -0.39 is 0 Å². The van der Waals surface area contributed by atoms with Gasteiger partial charge >= 0.3 is 0 Å². The summed E-state index contributed by atoms with van der Waals surface area (Å²) in [5.41, 5.74) is 7.75. The van der Waals surface area contributed by atoms with Crippen molar-refractivity contribution in [3.05, 3.63) is 70.3 Å². The molecule has 1 heteroatoms. The average Bonchev–Trinajstić information content (AvgIpc) is 2.68. The van der Waals surface area contributed by atoms with Crippen molar-refractivity contribution in [3.8, 4) is 0 Å².